The highest BCUT2D eigenvalue weighted by Crippen LogP contribution is 2.46. The summed E-state index contributed by atoms with van der Waals surface area (Å²) in [6.45, 7) is 8.29. The van der Waals surface area contributed by atoms with E-state index in [1.165, 1.54) is 34.1 Å². The second-order valence-electron chi connectivity index (χ2n) is 10.5. The maximum atomic E-state index is 12.6. The minimum atomic E-state index is -0.622. The van der Waals surface area contributed by atoms with Gasteiger partial charge in [-0.15, -0.1) is 0 Å². The van der Waals surface area contributed by atoms with E-state index in [2.05, 4.69) is 39.8 Å². The minimum absolute atomic E-state index is 0.366. The molecule has 0 aliphatic carbocycles. The molecule has 2 aliphatic heterocycles. The molecule has 2 aliphatic rings. The molecule has 0 aromatic heterocycles. The number of rotatable bonds is 6. The van der Waals surface area contributed by atoms with Crippen molar-refractivity contribution in [1.82, 2.24) is 0 Å². The second-order valence-corrected chi connectivity index (χ2v) is 10.5. The average Bonchev–Trinajstić information content (AvgIpc) is 3.43. The van der Waals surface area contributed by atoms with Crippen molar-refractivity contribution in [3.8, 4) is 0 Å². The average molecular weight is 505 g/mol. The number of amides is 4. The molecule has 6 heteroatoms. The van der Waals surface area contributed by atoms with Crippen molar-refractivity contribution >= 4 is 35.0 Å². The molecule has 3 aromatic rings. The summed E-state index contributed by atoms with van der Waals surface area (Å²) in [5.41, 5.74) is 3.50. The highest BCUT2D eigenvalue weighted by Gasteiger charge is 2.39. The van der Waals surface area contributed by atoms with Gasteiger partial charge in [-0.25, -0.2) is 9.80 Å². The largest absolute Gasteiger partial charge is 0.269 e. The zero-order valence-electron chi connectivity index (χ0n) is 21.8. The molecule has 38 heavy (non-hydrogen) atoms. The van der Waals surface area contributed by atoms with Gasteiger partial charge in [-0.3, -0.25) is 19.2 Å². The Morgan fingerprint density at radius 2 is 0.684 bits per heavy atom. The van der Waals surface area contributed by atoms with Gasteiger partial charge in [0.1, 0.15) is 0 Å². The third kappa shape index (κ3) is 3.89. The Morgan fingerprint density at radius 3 is 1.00 bits per heavy atom. The van der Waals surface area contributed by atoms with Crippen LogP contribution in [0.25, 0.3) is 0 Å². The monoisotopic (exact) mass is 504 g/mol. The number of carbonyl (C=O) groups excluding carboxylic acids is 4. The van der Waals surface area contributed by atoms with Crippen LogP contribution in [-0.2, 0) is 30.0 Å². The van der Waals surface area contributed by atoms with Crippen molar-refractivity contribution in [3.63, 3.8) is 0 Å². The number of nitrogens with zero attached hydrogens (tertiary/aromatic N) is 2. The van der Waals surface area contributed by atoms with Gasteiger partial charge in [0.15, 0.2) is 0 Å². The summed E-state index contributed by atoms with van der Waals surface area (Å²) in [5, 5.41) is 0. The van der Waals surface area contributed by atoms with E-state index in [4.69, 9.17) is 0 Å². The Bertz CT molecular complexity index is 1410. The third-order valence-corrected chi connectivity index (χ3v) is 7.53. The van der Waals surface area contributed by atoms with E-state index in [1.54, 1.807) is 12.1 Å². The third-order valence-electron chi connectivity index (χ3n) is 7.53. The molecule has 0 radical (unpaired) electrons. The number of para-hydroxylation sites is 2. The molecular weight excluding hydrogens is 476 g/mol. The minimum Gasteiger partial charge on any atom is -0.269 e. The zero-order valence-corrected chi connectivity index (χ0v) is 21.8. The van der Waals surface area contributed by atoms with Crippen LogP contribution in [0.5, 0.6) is 0 Å². The van der Waals surface area contributed by atoms with Crippen molar-refractivity contribution in [2.75, 3.05) is 9.80 Å². The van der Waals surface area contributed by atoms with Gasteiger partial charge in [0.25, 0.3) is 23.6 Å². The summed E-state index contributed by atoms with van der Waals surface area (Å²) in [6.07, 6.45) is 5.15. The number of carbonyl (C=O) groups is 4. The molecule has 0 spiro atoms. The van der Waals surface area contributed by atoms with E-state index in [0.717, 1.165) is 22.3 Å². The fourth-order valence-electron chi connectivity index (χ4n) is 5.53. The Morgan fingerprint density at radius 1 is 0.421 bits per heavy atom. The lowest BCUT2D eigenvalue weighted by atomic mass is 9.68. The van der Waals surface area contributed by atoms with E-state index >= 15 is 0 Å². The number of benzene rings is 3. The molecule has 6 nitrogen and oxygen atoms in total. The van der Waals surface area contributed by atoms with E-state index < -0.39 is 10.8 Å². The molecule has 0 unspecified atom stereocenters. The molecule has 0 fully saturated rings. The maximum Gasteiger partial charge on any atom is 0.258 e. The Hall–Kier alpha value is -4.58. The highest BCUT2D eigenvalue weighted by atomic mass is 16.2. The van der Waals surface area contributed by atoms with Crippen molar-refractivity contribution in [3.05, 3.63) is 119 Å². The van der Waals surface area contributed by atoms with Crippen LogP contribution in [0.3, 0.4) is 0 Å². The molecule has 5 rings (SSSR count). The second kappa shape index (κ2) is 9.06. The first kappa shape index (κ1) is 25.1. The molecule has 0 saturated carbocycles. The van der Waals surface area contributed by atoms with E-state index in [-0.39, 0.29) is 23.6 Å². The normalized spacial score (nSPS) is 15.8. The van der Waals surface area contributed by atoms with Gasteiger partial charge in [0, 0.05) is 35.1 Å². The topological polar surface area (TPSA) is 74.8 Å². The van der Waals surface area contributed by atoms with Crippen LogP contribution in [0.15, 0.2) is 97.1 Å². The quantitative estimate of drug-likeness (QED) is 0.433. The lowest BCUT2D eigenvalue weighted by Gasteiger charge is -2.38. The first-order valence-electron chi connectivity index (χ1n) is 12.5. The van der Waals surface area contributed by atoms with Crippen molar-refractivity contribution in [2.24, 2.45) is 0 Å². The number of hydrogen-bond acceptors (Lipinski definition) is 4. The predicted molar refractivity (Wildman–Crippen MR) is 147 cm³/mol. The Balaban J connectivity index is 1.66. The maximum absolute atomic E-state index is 12.6. The van der Waals surface area contributed by atoms with Crippen molar-refractivity contribution in [2.45, 2.75) is 38.5 Å². The number of anilines is 2. The van der Waals surface area contributed by atoms with Crippen LogP contribution < -0.4 is 9.80 Å². The smallest absolute Gasteiger partial charge is 0.258 e. The molecule has 4 amide bonds. The van der Waals surface area contributed by atoms with Gasteiger partial charge in [0.05, 0.1) is 11.4 Å². The SMILES string of the molecule is CC(C)(c1ccccc1N1C(=O)C=CC1=O)c1ccccc1C(C)(C)c1ccccc1N1C(=O)C=CC1=O. The van der Waals surface area contributed by atoms with E-state index in [1.807, 2.05) is 48.5 Å². The van der Waals surface area contributed by atoms with Crippen molar-refractivity contribution < 1.29 is 19.2 Å². The van der Waals surface area contributed by atoms with Gasteiger partial charge in [-0.2, -0.15) is 0 Å². The summed E-state index contributed by atoms with van der Waals surface area (Å²) >= 11 is 0. The van der Waals surface area contributed by atoms with E-state index in [9.17, 15) is 19.2 Å². The molecule has 3 aromatic carbocycles. The molecule has 0 saturated heterocycles. The molecule has 0 atom stereocenters. The molecule has 0 bridgehead atoms. The fraction of sp³-hybridized carbons (Fsp3) is 0.188. The molecule has 190 valence electrons. The number of imide groups is 2. The van der Waals surface area contributed by atoms with Gasteiger partial charge in [-0.05, 0) is 34.4 Å². The Kier molecular flexibility index (Phi) is 5.98. The van der Waals surface area contributed by atoms with Crippen LogP contribution in [0.2, 0.25) is 0 Å². The summed E-state index contributed by atoms with van der Waals surface area (Å²) in [4.78, 5) is 52.7. The molecule has 2 heterocycles. The molecule has 0 N–H and O–H groups in total. The first-order chi connectivity index (χ1) is 18.0. The summed E-state index contributed by atoms with van der Waals surface area (Å²) in [5.74, 6) is -1.47. The lowest BCUT2D eigenvalue weighted by Crippen LogP contribution is -2.35. The lowest BCUT2D eigenvalue weighted by molar-refractivity contribution is -0.121. The summed E-state index contributed by atoms with van der Waals surface area (Å²) < 4.78 is 0. The Labute approximate surface area is 221 Å². The predicted octanol–water partition coefficient (Wildman–Crippen LogP) is 5.20. The fourth-order valence-corrected chi connectivity index (χ4v) is 5.53. The van der Waals surface area contributed by atoms with Gasteiger partial charge in [0.2, 0.25) is 0 Å². The van der Waals surface area contributed by atoms with Crippen LogP contribution in [0.1, 0.15) is 49.9 Å². The van der Waals surface area contributed by atoms with Crippen LogP contribution >= 0.6 is 0 Å². The van der Waals surface area contributed by atoms with Gasteiger partial charge in [-0.1, -0.05) is 88.4 Å². The zero-order chi connectivity index (χ0) is 27.2. The van der Waals surface area contributed by atoms with Gasteiger partial charge < -0.3 is 0 Å². The van der Waals surface area contributed by atoms with Crippen molar-refractivity contribution in [1.29, 1.82) is 0 Å². The van der Waals surface area contributed by atoms with Crippen LogP contribution in [0, 0.1) is 0 Å². The van der Waals surface area contributed by atoms with E-state index in [0.29, 0.717) is 11.4 Å². The van der Waals surface area contributed by atoms with Crippen LogP contribution in [0.4, 0.5) is 11.4 Å². The van der Waals surface area contributed by atoms with Gasteiger partial charge >= 0.3 is 0 Å². The van der Waals surface area contributed by atoms with Crippen LogP contribution in [-0.4, -0.2) is 23.6 Å². The summed E-state index contributed by atoms with van der Waals surface area (Å²) in [6, 6.07) is 23.0. The standard InChI is InChI=1S/C32H28N2O4/c1-31(2,23-13-7-9-15-25(23)33-27(35)17-18-28(33)36)21-11-5-6-12-22(21)32(3,4)24-14-8-10-16-26(24)34-29(37)19-20-30(34)38/h5-20H,1-4H3. The first-order valence-corrected chi connectivity index (χ1v) is 12.5. The molecular formula is C32H28N2O4. The highest BCUT2D eigenvalue weighted by molar-refractivity contribution is 6.29. The number of hydrogen-bond donors (Lipinski definition) is 0. The summed E-state index contributed by atoms with van der Waals surface area (Å²) in [7, 11) is 0.